The zero-order valence-corrected chi connectivity index (χ0v) is 13.5. The van der Waals surface area contributed by atoms with Crippen molar-refractivity contribution in [1.82, 2.24) is 4.72 Å². The number of nitrogens with one attached hydrogen (secondary N) is 1. The molecule has 0 fully saturated rings. The second-order valence-corrected chi connectivity index (χ2v) is 6.98. The van der Waals surface area contributed by atoms with Crippen molar-refractivity contribution in [2.24, 2.45) is 5.73 Å². The first-order chi connectivity index (χ1) is 10.4. The predicted molar refractivity (Wildman–Crippen MR) is 83.2 cm³/mol. The van der Waals surface area contributed by atoms with E-state index >= 15 is 0 Å². The zero-order chi connectivity index (χ0) is 16.3. The van der Waals surface area contributed by atoms with Crippen LogP contribution in [0.3, 0.4) is 0 Å². The summed E-state index contributed by atoms with van der Waals surface area (Å²) in [6, 6.07) is 4.80. The molecule has 1 heterocycles. The molecule has 1 unspecified atom stereocenters. The maximum atomic E-state index is 12.3. The molecule has 7 nitrogen and oxygen atoms in total. The van der Waals surface area contributed by atoms with Crippen LogP contribution in [-0.4, -0.2) is 47.7 Å². The van der Waals surface area contributed by atoms with Crippen LogP contribution in [0.25, 0.3) is 0 Å². The molecule has 1 aliphatic rings. The summed E-state index contributed by atoms with van der Waals surface area (Å²) in [5.41, 5.74) is 7.15. The van der Waals surface area contributed by atoms with Gasteiger partial charge in [0, 0.05) is 25.9 Å². The minimum Gasteiger partial charge on any atom is -0.380 e. The number of benzene rings is 1. The van der Waals surface area contributed by atoms with Crippen LogP contribution >= 0.6 is 0 Å². The van der Waals surface area contributed by atoms with E-state index in [0.717, 1.165) is 11.3 Å². The van der Waals surface area contributed by atoms with Gasteiger partial charge in [0.05, 0.1) is 17.4 Å². The Bertz CT molecular complexity index is 656. The number of methoxy groups -OCH3 is 1. The number of anilines is 1. The highest BCUT2D eigenvalue weighted by molar-refractivity contribution is 7.89. The molecule has 0 saturated heterocycles. The fourth-order valence-electron chi connectivity index (χ4n) is 2.49. The Morgan fingerprint density at radius 3 is 2.82 bits per heavy atom. The van der Waals surface area contributed by atoms with Crippen LogP contribution in [0, 0.1) is 0 Å². The van der Waals surface area contributed by atoms with Crippen molar-refractivity contribution < 1.29 is 17.9 Å². The number of ether oxygens (including phenoxy) is 1. The average molecular weight is 327 g/mol. The topological polar surface area (TPSA) is 102 Å². The lowest BCUT2D eigenvalue weighted by molar-refractivity contribution is -0.120. The van der Waals surface area contributed by atoms with Crippen LogP contribution < -0.4 is 15.4 Å². The molecular weight excluding hydrogens is 306 g/mol. The Morgan fingerprint density at radius 2 is 2.23 bits per heavy atom. The molecule has 2 rings (SSSR count). The molecule has 0 spiro atoms. The first-order valence-corrected chi connectivity index (χ1v) is 8.51. The van der Waals surface area contributed by atoms with Crippen LogP contribution in [-0.2, 0) is 26.0 Å². The highest BCUT2D eigenvalue weighted by atomic mass is 32.2. The summed E-state index contributed by atoms with van der Waals surface area (Å²) >= 11 is 0. The third-order valence-corrected chi connectivity index (χ3v) is 5.24. The fourth-order valence-corrected chi connectivity index (χ4v) is 3.27. The summed E-state index contributed by atoms with van der Waals surface area (Å²) in [7, 11) is -0.578. The normalized spacial score (nSPS) is 15.7. The van der Waals surface area contributed by atoms with Gasteiger partial charge in [-0.15, -0.1) is 0 Å². The molecule has 22 heavy (non-hydrogen) atoms. The Labute approximate surface area is 130 Å². The highest BCUT2D eigenvalue weighted by Gasteiger charge is 2.27. The van der Waals surface area contributed by atoms with Crippen molar-refractivity contribution in [3.63, 3.8) is 0 Å². The zero-order valence-electron chi connectivity index (χ0n) is 12.7. The summed E-state index contributed by atoms with van der Waals surface area (Å²) in [6.07, 6.45) is 0.540. The quantitative estimate of drug-likeness (QED) is 0.756. The highest BCUT2D eigenvalue weighted by Crippen LogP contribution is 2.30. The third kappa shape index (κ3) is 3.30. The summed E-state index contributed by atoms with van der Waals surface area (Å²) in [5.74, 6) is -0.0692. The predicted octanol–water partition coefficient (Wildman–Crippen LogP) is -0.152. The molecule has 0 aliphatic carbocycles. The van der Waals surface area contributed by atoms with E-state index in [1.807, 2.05) is 0 Å². The number of amides is 1. The molecule has 1 aromatic rings. The Balaban J connectivity index is 2.22. The number of rotatable bonds is 6. The van der Waals surface area contributed by atoms with E-state index in [-0.39, 0.29) is 29.9 Å². The van der Waals surface area contributed by atoms with Gasteiger partial charge in [-0.1, -0.05) is 0 Å². The van der Waals surface area contributed by atoms with E-state index < -0.39 is 10.0 Å². The molecule has 1 aromatic carbocycles. The van der Waals surface area contributed by atoms with Crippen molar-refractivity contribution in [2.45, 2.75) is 23.8 Å². The van der Waals surface area contributed by atoms with E-state index in [4.69, 9.17) is 10.5 Å². The summed E-state index contributed by atoms with van der Waals surface area (Å²) in [6.45, 7) is 0.820. The molecule has 1 amide bonds. The molecule has 8 heteroatoms. The molecule has 1 aliphatic heterocycles. The molecule has 0 radical (unpaired) electrons. The lowest BCUT2D eigenvalue weighted by Crippen LogP contribution is -2.35. The standard InChI is InChI=1S/C14H21N3O4S/c1-16-22(19,20)12-3-4-13-10(7-12)5-6-17(13)14(18)8-11(9-15)21-2/h3-4,7,11,16H,5-6,8-9,15H2,1-2H3. The summed E-state index contributed by atoms with van der Waals surface area (Å²) in [4.78, 5) is 14.2. The smallest absolute Gasteiger partial charge is 0.240 e. The molecule has 0 bridgehead atoms. The minimum atomic E-state index is -3.47. The van der Waals surface area contributed by atoms with Gasteiger partial charge in [0.2, 0.25) is 15.9 Å². The number of carbonyl (C=O) groups excluding carboxylic acids is 1. The minimum absolute atomic E-state index is 0.0692. The number of nitrogens with two attached hydrogens (primary N) is 1. The van der Waals surface area contributed by atoms with Gasteiger partial charge < -0.3 is 15.4 Å². The maximum Gasteiger partial charge on any atom is 0.240 e. The lowest BCUT2D eigenvalue weighted by Gasteiger charge is -2.20. The van der Waals surface area contributed by atoms with Gasteiger partial charge in [0.1, 0.15) is 0 Å². The number of hydrogen-bond acceptors (Lipinski definition) is 5. The fraction of sp³-hybridized carbons (Fsp3) is 0.500. The maximum absolute atomic E-state index is 12.3. The molecule has 3 N–H and O–H groups in total. The average Bonchev–Trinajstić information content (AvgIpc) is 2.95. The second kappa shape index (κ2) is 6.74. The van der Waals surface area contributed by atoms with Crippen LogP contribution in [0.1, 0.15) is 12.0 Å². The van der Waals surface area contributed by atoms with Crippen molar-refractivity contribution in [2.75, 3.05) is 32.1 Å². The first kappa shape index (κ1) is 16.9. The van der Waals surface area contributed by atoms with Crippen molar-refractivity contribution in [3.05, 3.63) is 23.8 Å². The van der Waals surface area contributed by atoms with Gasteiger partial charge >= 0.3 is 0 Å². The Morgan fingerprint density at radius 1 is 1.50 bits per heavy atom. The SMILES string of the molecule is CNS(=O)(=O)c1ccc2c(c1)CCN2C(=O)CC(CN)OC. The van der Waals surface area contributed by atoms with Crippen LogP contribution in [0.5, 0.6) is 0 Å². The van der Waals surface area contributed by atoms with Crippen LogP contribution in [0.4, 0.5) is 5.69 Å². The van der Waals surface area contributed by atoms with Gasteiger partial charge in [-0.2, -0.15) is 0 Å². The van der Waals surface area contributed by atoms with E-state index in [1.165, 1.54) is 20.2 Å². The van der Waals surface area contributed by atoms with E-state index in [1.54, 1.807) is 17.0 Å². The number of hydrogen-bond donors (Lipinski definition) is 2. The lowest BCUT2D eigenvalue weighted by atomic mass is 10.1. The van der Waals surface area contributed by atoms with E-state index in [9.17, 15) is 13.2 Å². The number of carbonyl (C=O) groups is 1. The summed E-state index contributed by atoms with van der Waals surface area (Å²) < 4.78 is 31.1. The van der Waals surface area contributed by atoms with Crippen molar-refractivity contribution in [1.29, 1.82) is 0 Å². The number of sulfonamides is 1. The Hall–Kier alpha value is -1.48. The van der Waals surface area contributed by atoms with Crippen molar-refractivity contribution in [3.8, 4) is 0 Å². The van der Waals surface area contributed by atoms with E-state index in [2.05, 4.69) is 4.72 Å². The van der Waals surface area contributed by atoms with E-state index in [0.29, 0.717) is 13.0 Å². The first-order valence-electron chi connectivity index (χ1n) is 7.02. The van der Waals surface area contributed by atoms with Gasteiger partial charge in [-0.05, 0) is 37.2 Å². The van der Waals surface area contributed by atoms with Gasteiger partial charge in [-0.25, -0.2) is 13.1 Å². The second-order valence-electron chi connectivity index (χ2n) is 5.09. The molecule has 122 valence electrons. The van der Waals surface area contributed by atoms with Crippen molar-refractivity contribution >= 4 is 21.6 Å². The summed E-state index contributed by atoms with van der Waals surface area (Å²) in [5, 5.41) is 0. The van der Waals surface area contributed by atoms with Crippen LogP contribution in [0.2, 0.25) is 0 Å². The molecule has 0 saturated carbocycles. The third-order valence-electron chi connectivity index (χ3n) is 3.83. The monoisotopic (exact) mass is 327 g/mol. The van der Waals surface area contributed by atoms with Gasteiger partial charge in [0.25, 0.3) is 0 Å². The molecule has 0 aromatic heterocycles. The van der Waals surface area contributed by atoms with Crippen LogP contribution in [0.15, 0.2) is 23.1 Å². The number of nitrogens with zero attached hydrogens (tertiary/aromatic N) is 1. The van der Waals surface area contributed by atoms with Gasteiger partial charge in [0.15, 0.2) is 0 Å². The van der Waals surface area contributed by atoms with Gasteiger partial charge in [-0.3, -0.25) is 4.79 Å². The number of fused-ring (bicyclic) bond motifs is 1. The molecule has 1 atom stereocenters. The molecular formula is C14H21N3O4S. The largest absolute Gasteiger partial charge is 0.380 e. The Kier molecular flexibility index (Phi) is 5.17.